The molecule has 0 aromatic rings. The van der Waals surface area contributed by atoms with Crippen LogP contribution in [0.5, 0.6) is 0 Å². The molecule has 2 nitrogen and oxygen atoms in total. The molecule has 2 atom stereocenters. The molecule has 0 aliphatic heterocycles. The first-order valence-corrected chi connectivity index (χ1v) is 11.9. The molecule has 0 rings (SSSR count). The monoisotopic (exact) mass is 331 g/mol. The van der Waals surface area contributed by atoms with Crippen LogP contribution in [0.1, 0.15) is 78.6 Å². The Bertz CT molecular complexity index is 259. The molecule has 125 valence electrons. The minimum absolute atomic E-state index is 0.346. The summed E-state index contributed by atoms with van der Waals surface area (Å²) in [6, 6.07) is 0. The molecule has 0 N–H and O–H groups in total. The van der Waals surface area contributed by atoms with Gasteiger partial charge in [0, 0.05) is 17.8 Å². The van der Waals surface area contributed by atoms with Gasteiger partial charge >= 0.3 is 0 Å². The van der Waals surface area contributed by atoms with Crippen molar-refractivity contribution in [3.63, 3.8) is 0 Å². The van der Waals surface area contributed by atoms with E-state index in [1.54, 1.807) is 0 Å². The lowest BCUT2D eigenvalue weighted by molar-refractivity contribution is -0.111. The third-order valence-electron chi connectivity index (χ3n) is 3.42. The van der Waals surface area contributed by atoms with Crippen molar-refractivity contribution in [1.82, 2.24) is 0 Å². The lowest BCUT2D eigenvalue weighted by atomic mass is 10.1. The SMILES string of the molecule is CCCCCCCC(=O)SC(C)CC(CCC)O[Si](C)C. The van der Waals surface area contributed by atoms with E-state index in [4.69, 9.17) is 4.43 Å². The van der Waals surface area contributed by atoms with Gasteiger partial charge < -0.3 is 4.43 Å². The third kappa shape index (κ3) is 13.6. The number of carbonyl (C=O) groups excluding carboxylic acids is 1. The van der Waals surface area contributed by atoms with Gasteiger partial charge in [0.1, 0.15) is 0 Å². The summed E-state index contributed by atoms with van der Waals surface area (Å²) in [6.07, 6.45) is 10.5. The van der Waals surface area contributed by atoms with E-state index >= 15 is 0 Å². The van der Waals surface area contributed by atoms with Crippen molar-refractivity contribution in [2.24, 2.45) is 0 Å². The standard InChI is InChI=1S/C17H35O2SSi/c1-6-8-9-10-11-13-17(18)20-15(3)14-16(12-7-2)19-21(4)5/h15-16H,6-14H2,1-5H3. The van der Waals surface area contributed by atoms with Crippen molar-refractivity contribution in [3.05, 3.63) is 0 Å². The Morgan fingerprint density at radius 1 is 1.10 bits per heavy atom. The topological polar surface area (TPSA) is 26.3 Å². The molecule has 0 bridgehead atoms. The summed E-state index contributed by atoms with van der Waals surface area (Å²) in [7, 11) is -0.645. The average Bonchev–Trinajstić information content (AvgIpc) is 2.37. The molecule has 0 amide bonds. The highest BCUT2D eigenvalue weighted by atomic mass is 32.2. The van der Waals surface area contributed by atoms with Crippen molar-refractivity contribution in [3.8, 4) is 0 Å². The van der Waals surface area contributed by atoms with E-state index in [2.05, 4.69) is 33.9 Å². The largest absolute Gasteiger partial charge is 0.414 e. The van der Waals surface area contributed by atoms with Crippen LogP contribution in [0.15, 0.2) is 0 Å². The Hall–Kier alpha value is 0.197. The maximum Gasteiger partial charge on any atom is 0.205 e. The van der Waals surface area contributed by atoms with Gasteiger partial charge in [0.2, 0.25) is 9.04 Å². The van der Waals surface area contributed by atoms with E-state index in [1.165, 1.54) is 37.4 Å². The van der Waals surface area contributed by atoms with E-state index in [0.29, 0.717) is 16.5 Å². The summed E-state index contributed by atoms with van der Waals surface area (Å²) in [5.41, 5.74) is 0. The van der Waals surface area contributed by atoms with Crippen LogP contribution in [0, 0.1) is 0 Å². The predicted octanol–water partition coefficient (Wildman–Crippen LogP) is 5.82. The zero-order valence-electron chi connectivity index (χ0n) is 14.7. The molecule has 0 aromatic heterocycles. The number of thioether (sulfide) groups is 1. The molecule has 0 fully saturated rings. The molecule has 0 aliphatic rings. The van der Waals surface area contributed by atoms with Crippen molar-refractivity contribution in [1.29, 1.82) is 0 Å². The lowest BCUT2D eigenvalue weighted by Gasteiger charge is -2.22. The number of hydrogen-bond acceptors (Lipinski definition) is 3. The molecule has 4 heteroatoms. The Balaban J connectivity index is 3.87. The van der Waals surface area contributed by atoms with Crippen molar-refractivity contribution < 1.29 is 9.22 Å². The lowest BCUT2D eigenvalue weighted by Crippen LogP contribution is -2.24. The van der Waals surface area contributed by atoms with Gasteiger partial charge in [-0.25, -0.2) is 0 Å². The fourth-order valence-corrected chi connectivity index (χ4v) is 4.36. The molecule has 21 heavy (non-hydrogen) atoms. The van der Waals surface area contributed by atoms with Crippen LogP contribution in [0.25, 0.3) is 0 Å². The van der Waals surface area contributed by atoms with Gasteiger partial charge in [0.25, 0.3) is 0 Å². The van der Waals surface area contributed by atoms with Crippen LogP contribution in [0.2, 0.25) is 13.1 Å². The highest BCUT2D eigenvalue weighted by Gasteiger charge is 2.17. The quantitative estimate of drug-likeness (QED) is 0.314. The Labute approximate surface area is 138 Å². The molecule has 1 radical (unpaired) electrons. The zero-order chi connectivity index (χ0) is 16.1. The maximum atomic E-state index is 12.0. The smallest absolute Gasteiger partial charge is 0.205 e. The van der Waals surface area contributed by atoms with Gasteiger partial charge in [0.15, 0.2) is 5.12 Å². The van der Waals surface area contributed by atoms with E-state index in [0.717, 1.165) is 32.1 Å². The van der Waals surface area contributed by atoms with Crippen LogP contribution in [0.3, 0.4) is 0 Å². The molecular weight excluding hydrogens is 296 g/mol. The average molecular weight is 332 g/mol. The first-order chi connectivity index (χ1) is 9.99. The van der Waals surface area contributed by atoms with Crippen LogP contribution < -0.4 is 0 Å². The van der Waals surface area contributed by atoms with Crippen LogP contribution in [0.4, 0.5) is 0 Å². The Morgan fingerprint density at radius 2 is 1.76 bits per heavy atom. The minimum Gasteiger partial charge on any atom is -0.414 e. The van der Waals surface area contributed by atoms with Crippen molar-refractivity contribution in [2.75, 3.05) is 0 Å². The highest BCUT2D eigenvalue weighted by molar-refractivity contribution is 8.14. The number of rotatable bonds is 13. The van der Waals surface area contributed by atoms with Crippen LogP contribution in [-0.4, -0.2) is 25.5 Å². The Morgan fingerprint density at radius 3 is 2.33 bits per heavy atom. The van der Waals surface area contributed by atoms with Crippen molar-refractivity contribution >= 4 is 25.9 Å². The summed E-state index contributed by atoms with van der Waals surface area (Å²) in [5, 5.41) is 0.749. The number of unbranched alkanes of at least 4 members (excludes halogenated alkanes) is 4. The van der Waals surface area contributed by atoms with Gasteiger partial charge in [-0.2, -0.15) is 0 Å². The van der Waals surface area contributed by atoms with Gasteiger partial charge in [-0.15, -0.1) is 0 Å². The summed E-state index contributed by atoms with van der Waals surface area (Å²) < 4.78 is 6.05. The van der Waals surface area contributed by atoms with Crippen LogP contribution >= 0.6 is 11.8 Å². The molecule has 2 unspecified atom stereocenters. The third-order valence-corrected chi connectivity index (χ3v) is 5.29. The van der Waals surface area contributed by atoms with E-state index in [-0.39, 0.29) is 0 Å². The van der Waals surface area contributed by atoms with Crippen LogP contribution in [-0.2, 0) is 9.22 Å². The van der Waals surface area contributed by atoms with E-state index in [9.17, 15) is 4.79 Å². The second-order valence-electron chi connectivity index (χ2n) is 6.14. The van der Waals surface area contributed by atoms with Gasteiger partial charge in [-0.1, -0.05) is 64.6 Å². The van der Waals surface area contributed by atoms with E-state index < -0.39 is 9.04 Å². The molecular formula is C17H35O2SSi. The fraction of sp³-hybridized carbons (Fsp3) is 0.941. The first kappa shape index (κ1) is 21.2. The van der Waals surface area contributed by atoms with Gasteiger partial charge in [-0.3, -0.25) is 4.79 Å². The number of hydrogen-bond donors (Lipinski definition) is 0. The second-order valence-corrected chi connectivity index (χ2v) is 9.69. The van der Waals surface area contributed by atoms with Crippen molar-refractivity contribution in [2.45, 2.75) is 103 Å². The molecule has 0 aliphatic carbocycles. The maximum absolute atomic E-state index is 12.0. The Kier molecular flexibility index (Phi) is 14.0. The van der Waals surface area contributed by atoms with E-state index in [1.807, 2.05) is 0 Å². The molecule has 0 saturated heterocycles. The molecule has 0 spiro atoms. The molecule has 0 aromatic carbocycles. The first-order valence-electron chi connectivity index (χ1n) is 8.65. The summed E-state index contributed by atoms with van der Waals surface area (Å²) in [5.74, 6) is 0. The fourth-order valence-electron chi connectivity index (χ4n) is 2.45. The molecule has 0 heterocycles. The summed E-state index contributed by atoms with van der Waals surface area (Å²) in [4.78, 5) is 12.0. The van der Waals surface area contributed by atoms with Gasteiger partial charge in [-0.05, 0) is 32.4 Å². The summed E-state index contributed by atoms with van der Waals surface area (Å²) in [6.45, 7) is 11.0. The van der Waals surface area contributed by atoms with Gasteiger partial charge in [0.05, 0.1) is 0 Å². The normalized spacial score (nSPS) is 14.4. The zero-order valence-corrected chi connectivity index (χ0v) is 16.6. The number of carbonyl (C=O) groups is 1. The second kappa shape index (κ2) is 13.8. The molecule has 0 saturated carbocycles. The highest BCUT2D eigenvalue weighted by Crippen LogP contribution is 2.23. The minimum atomic E-state index is -0.645. The summed E-state index contributed by atoms with van der Waals surface area (Å²) >= 11 is 1.54. The predicted molar refractivity (Wildman–Crippen MR) is 97.3 cm³/mol.